The van der Waals surface area contributed by atoms with E-state index in [4.69, 9.17) is 4.98 Å². The summed E-state index contributed by atoms with van der Waals surface area (Å²) >= 11 is 1.39. The molecule has 0 saturated heterocycles. The second-order valence-corrected chi connectivity index (χ2v) is 8.47. The maximum atomic E-state index is 12.4. The molecule has 2 N–H and O–H groups in total. The van der Waals surface area contributed by atoms with Gasteiger partial charge in [0.25, 0.3) is 5.91 Å². The van der Waals surface area contributed by atoms with E-state index in [-0.39, 0.29) is 17.4 Å². The number of amides is 1. The monoisotopic (exact) mass is 444 g/mol. The van der Waals surface area contributed by atoms with E-state index >= 15 is 0 Å². The Hall–Kier alpha value is -3.58. The molecule has 0 aliphatic heterocycles. The molecule has 0 spiro atoms. The van der Waals surface area contributed by atoms with Crippen molar-refractivity contribution in [2.24, 2.45) is 5.10 Å². The number of nitrogens with one attached hydrogen (secondary N) is 1. The van der Waals surface area contributed by atoms with Crippen molar-refractivity contribution in [3.05, 3.63) is 89.5 Å². The van der Waals surface area contributed by atoms with Crippen LogP contribution in [0, 0.1) is 6.92 Å². The van der Waals surface area contributed by atoms with Gasteiger partial charge in [0.2, 0.25) is 0 Å². The summed E-state index contributed by atoms with van der Waals surface area (Å²) in [5.74, 6) is 0.182. The van der Waals surface area contributed by atoms with Gasteiger partial charge in [0.15, 0.2) is 5.16 Å². The topological polar surface area (TPSA) is 79.5 Å². The second kappa shape index (κ2) is 9.70. The molecular weight excluding hydrogens is 420 g/mol. The van der Waals surface area contributed by atoms with Crippen molar-refractivity contribution in [1.29, 1.82) is 0 Å². The first-order valence-corrected chi connectivity index (χ1v) is 11.2. The van der Waals surface area contributed by atoms with E-state index in [2.05, 4.69) is 46.3 Å². The molecule has 1 heterocycles. The van der Waals surface area contributed by atoms with Gasteiger partial charge in [-0.05, 0) is 61.4 Å². The number of phenolic OH excluding ortho intramolecular Hbond substituents is 1. The first-order valence-electron chi connectivity index (χ1n) is 10.3. The normalized spacial score (nSPS) is 11.6. The highest BCUT2D eigenvalue weighted by atomic mass is 32.2. The van der Waals surface area contributed by atoms with Crippen LogP contribution in [0.25, 0.3) is 11.0 Å². The molecule has 4 aromatic rings. The Balaban J connectivity index is 1.46. The van der Waals surface area contributed by atoms with E-state index in [1.54, 1.807) is 31.2 Å². The fraction of sp³-hybridized carbons (Fsp3) is 0.160. The number of carbonyl (C=O) groups excluding carboxylic acids is 1. The Morgan fingerprint density at radius 3 is 2.53 bits per heavy atom. The van der Waals surface area contributed by atoms with Crippen LogP contribution >= 0.6 is 11.8 Å². The molecule has 0 bridgehead atoms. The van der Waals surface area contributed by atoms with Gasteiger partial charge in [-0.2, -0.15) is 5.10 Å². The van der Waals surface area contributed by atoms with Crippen molar-refractivity contribution < 1.29 is 9.90 Å². The number of rotatable bonds is 7. The molecular formula is C25H24N4O2S. The Labute approximate surface area is 191 Å². The van der Waals surface area contributed by atoms with E-state index < -0.39 is 0 Å². The zero-order valence-electron chi connectivity index (χ0n) is 17.9. The van der Waals surface area contributed by atoms with E-state index in [9.17, 15) is 9.90 Å². The minimum absolute atomic E-state index is 0.190. The number of aromatic hydroxyl groups is 1. The number of para-hydroxylation sites is 2. The number of fused-ring (bicyclic) bond motifs is 1. The highest BCUT2D eigenvalue weighted by Crippen LogP contribution is 2.25. The lowest BCUT2D eigenvalue weighted by molar-refractivity contribution is -0.118. The summed E-state index contributed by atoms with van der Waals surface area (Å²) in [4.78, 5) is 17.1. The van der Waals surface area contributed by atoms with E-state index in [0.29, 0.717) is 12.3 Å². The number of hydrogen-bond acceptors (Lipinski definition) is 5. The fourth-order valence-corrected chi connectivity index (χ4v) is 4.07. The molecule has 3 aromatic carbocycles. The molecule has 162 valence electrons. The SMILES string of the molecule is CC(=NNC(=O)CSc1nc2ccccc2n1Cc1ccc(C)cc1)c1ccc(O)cc1. The largest absolute Gasteiger partial charge is 0.508 e. The summed E-state index contributed by atoms with van der Waals surface area (Å²) in [5, 5.41) is 14.4. The quantitative estimate of drug-likeness (QED) is 0.245. The highest BCUT2D eigenvalue weighted by molar-refractivity contribution is 7.99. The average molecular weight is 445 g/mol. The zero-order chi connectivity index (χ0) is 22.5. The third-order valence-electron chi connectivity index (χ3n) is 5.05. The van der Waals surface area contributed by atoms with E-state index in [1.807, 2.05) is 24.3 Å². The molecule has 0 aliphatic rings. The van der Waals surface area contributed by atoms with Gasteiger partial charge in [-0.25, -0.2) is 10.4 Å². The second-order valence-electron chi connectivity index (χ2n) is 7.52. The van der Waals surface area contributed by atoms with Crippen molar-refractivity contribution in [3.63, 3.8) is 0 Å². The van der Waals surface area contributed by atoms with Gasteiger partial charge in [-0.15, -0.1) is 0 Å². The van der Waals surface area contributed by atoms with Crippen LogP contribution in [0.15, 0.2) is 83.1 Å². The number of imidazole rings is 1. The van der Waals surface area contributed by atoms with Crippen LogP contribution in [0.1, 0.15) is 23.6 Å². The standard InChI is InChI=1S/C25H24N4O2S/c1-17-7-9-19(10-8-17)15-29-23-6-4-3-5-22(23)26-25(29)32-16-24(31)28-27-18(2)20-11-13-21(30)14-12-20/h3-14,30H,15-16H2,1-2H3,(H,28,31). The summed E-state index contributed by atoms with van der Waals surface area (Å²) in [6.45, 7) is 4.56. The van der Waals surface area contributed by atoms with Crippen molar-refractivity contribution in [2.75, 3.05) is 5.75 Å². The maximum absolute atomic E-state index is 12.4. The van der Waals surface area contributed by atoms with Crippen LogP contribution in [-0.4, -0.2) is 32.0 Å². The number of aromatic nitrogens is 2. The van der Waals surface area contributed by atoms with Gasteiger partial charge in [-0.3, -0.25) is 4.79 Å². The minimum atomic E-state index is -0.206. The average Bonchev–Trinajstić information content (AvgIpc) is 3.15. The number of carbonyl (C=O) groups is 1. The molecule has 0 atom stereocenters. The molecule has 0 fully saturated rings. The van der Waals surface area contributed by atoms with E-state index in [1.165, 1.54) is 22.9 Å². The third kappa shape index (κ3) is 5.18. The van der Waals surface area contributed by atoms with E-state index in [0.717, 1.165) is 21.8 Å². The molecule has 32 heavy (non-hydrogen) atoms. The maximum Gasteiger partial charge on any atom is 0.250 e. The van der Waals surface area contributed by atoms with Gasteiger partial charge < -0.3 is 9.67 Å². The first-order chi connectivity index (χ1) is 15.5. The zero-order valence-corrected chi connectivity index (χ0v) is 18.8. The molecule has 6 nitrogen and oxygen atoms in total. The van der Waals surface area contributed by atoms with Crippen molar-refractivity contribution >= 4 is 34.4 Å². The number of phenols is 1. The summed E-state index contributed by atoms with van der Waals surface area (Å²) in [7, 11) is 0. The molecule has 0 unspecified atom stereocenters. The van der Waals surface area contributed by atoms with Crippen LogP contribution in [0.2, 0.25) is 0 Å². The Morgan fingerprint density at radius 2 is 1.78 bits per heavy atom. The van der Waals surface area contributed by atoms with Crippen molar-refractivity contribution in [2.45, 2.75) is 25.5 Å². The minimum Gasteiger partial charge on any atom is -0.508 e. The highest BCUT2D eigenvalue weighted by Gasteiger charge is 2.13. The smallest absolute Gasteiger partial charge is 0.250 e. The number of aryl methyl sites for hydroxylation is 1. The lowest BCUT2D eigenvalue weighted by atomic mass is 10.1. The van der Waals surface area contributed by atoms with Gasteiger partial charge in [0.1, 0.15) is 5.75 Å². The molecule has 0 saturated carbocycles. The molecule has 0 aliphatic carbocycles. The summed E-state index contributed by atoms with van der Waals surface area (Å²) in [6, 6.07) is 23.1. The lowest BCUT2D eigenvalue weighted by Crippen LogP contribution is -2.21. The van der Waals surface area contributed by atoms with Crippen LogP contribution < -0.4 is 5.43 Å². The van der Waals surface area contributed by atoms with Crippen LogP contribution in [0.4, 0.5) is 0 Å². The Morgan fingerprint density at radius 1 is 1.06 bits per heavy atom. The number of benzene rings is 3. The van der Waals surface area contributed by atoms with Gasteiger partial charge in [-0.1, -0.05) is 53.7 Å². The molecule has 1 amide bonds. The first kappa shape index (κ1) is 21.6. The summed E-state index contributed by atoms with van der Waals surface area (Å²) in [5.41, 5.74) is 8.44. The summed E-state index contributed by atoms with van der Waals surface area (Å²) < 4.78 is 2.14. The number of hydrazone groups is 1. The Kier molecular flexibility index (Phi) is 6.56. The molecule has 1 aromatic heterocycles. The summed E-state index contributed by atoms with van der Waals surface area (Å²) in [6.07, 6.45) is 0. The third-order valence-corrected chi connectivity index (χ3v) is 6.02. The van der Waals surface area contributed by atoms with Crippen LogP contribution in [0.3, 0.4) is 0 Å². The molecule has 4 rings (SSSR count). The van der Waals surface area contributed by atoms with Gasteiger partial charge in [0.05, 0.1) is 29.0 Å². The Bertz CT molecular complexity index is 1260. The number of nitrogens with zero attached hydrogens (tertiary/aromatic N) is 3. The number of thioether (sulfide) groups is 1. The van der Waals surface area contributed by atoms with Gasteiger partial charge >= 0.3 is 0 Å². The number of hydrogen-bond donors (Lipinski definition) is 2. The predicted molar refractivity (Wildman–Crippen MR) is 129 cm³/mol. The fourth-order valence-electron chi connectivity index (χ4n) is 3.27. The van der Waals surface area contributed by atoms with Crippen molar-refractivity contribution in [1.82, 2.24) is 15.0 Å². The predicted octanol–water partition coefficient (Wildman–Crippen LogP) is 4.73. The van der Waals surface area contributed by atoms with Crippen LogP contribution in [-0.2, 0) is 11.3 Å². The van der Waals surface area contributed by atoms with Gasteiger partial charge in [0, 0.05) is 0 Å². The van der Waals surface area contributed by atoms with Crippen LogP contribution in [0.5, 0.6) is 5.75 Å². The molecule has 7 heteroatoms. The molecule has 0 radical (unpaired) electrons. The lowest BCUT2D eigenvalue weighted by Gasteiger charge is -2.09. The van der Waals surface area contributed by atoms with Crippen molar-refractivity contribution in [3.8, 4) is 5.75 Å².